The molecule has 21 heavy (non-hydrogen) atoms. The van der Waals surface area contributed by atoms with Crippen LogP contribution in [-0.2, 0) is 0 Å². The zero-order chi connectivity index (χ0) is 14.4. The summed E-state index contributed by atoms with van der Waals surface area (Å²) in [6.45, 7) is 1.95. The van der Waals surface area contributed by atoms with Crippen LogP contribution in [0.15, 0.2) is 48.5 Å². The molecular formula is C16H12N4O. The third kappa shape index (κ3) is 1.67. The number of para-hydroxylation sites is 1. The van der Waals surface area contributed by atoms with Gasteiger partial charge in [0.05, 0.1) is 11.3 Å². The minimum Gasteiger partial charge on any atom is -0.507 e. The van der Waals surface area contributed by atoms with Gasteiger partial charge < -0.3 is 5.11 Å². The van der Waals surface area contributed by atoms with Gasteiger partial charge in [-0.1, -0.05) is 36.4 Å². The molecule has 1 N–H and O–H groups in total. The van der Waals surface area contributed by atoms with Crippen molar-refractivity contribution in [2.75, 3.05) is 0 Å². The fraction of sp³-hybridized carbons (Fsp3) is 0.0625. The van der Waals surface area contributed by atoms with Crippen LogP contribution in [0, 0.1) is 6.92 Å². The third-order valence-electron chi connectivity index (χ3n) is 3.59. The highest BCUT2D eigenvalue weighted by molar-refractivity contribution is 5.95. The first-order chi connectivity index (χ1) is 10.3. The molecule has 0 fully saturated rings. The van der Waals surface area contributed by atoms with Gasteiger partial charge in [0.15, 0.2) is 11.5 Å². The van der Waals surface area contributed by atoms with Gasteiger partial charge in [0.2, 0.25) is 0 Å². The fourth-order valence-corrected chi connectivity index (χ4v) is 2.57. The van der Waals surface area contributed by atoms with Crippen molar-refractivity contribution in [2.24, 2.45) is 0 Å². The highest BCUT2D eigenvalue weighted by Gasteiger charge is 2.15. The Morgan fingerprint density at radius 2 is 1.62 bits per heavy atom. The molecule has 0 aliphatic carbocycles. The van der Waals surface area contributed by atoms with E-state index >= 15 is 0 Å². The van der Waals surface area contributed by atoms with Crippen LogP contribution in [0.3, 0.4) is 0 Å². The lowest BCUT2D eigenvalue weighted by molar-refractivity contribution is 0.476. The zero-order valence-electron chi connectivity index (χ0n) is 11.4. The molecule has 0 radical (unpaired) electrons. The van der Waals surface area contributed by atoms with E-state index in [1.807, 2.05) is 37.3 Å². The number of fused-ring (bicyclic) bond motifs is 3. The number of aromatic nitrogens is 4. The summed E-state index contributed by atoms with van der Waals surface area (Å²) in [4.78, 5) is 0. The Hall–Kier alpha value is -2.95. The second-order valence-corrected chi connectivity index (χ2v) is 4.91. The van der Waals surface area contributed by atoms with Crippen LogP contribution in [0.4, 0.5) is 0 Å². The number of rotatable bonds is 1. The molecular weight excluding hydrogens is 264 g/mol. The topological polar surface area (TPSA) is 63.3 Å². The van der Waals surface area contributed by atoms with Gasteiger partial charge in [0, 0.05) is 10.8 Å². The second kappa shape index (κ2) is 4.28. The van der Waals surface area contributed by atoms with Gasteiger partial charge in [-0.25, -0.2) is 0 Å². The average molecular weight is 276 g/mol. The van der Waals surface area contributed by atoms with Gasteiger partial charge in [0.25, 0.3) is 0 Å². The van der Waals surface area contributed by atoms with Crippen LogP contribution < -0.4 is 0 Å². The Bertz CT molecular complexity index is 975. The van der Waals surface area contributed by atoms with Crippen molar-refractivity contribution in [2.45, 2.75) is 6.92 Å². The zero-order valence-corrected chi connectivity index (χ0v) is 11.4. The van der Waals surface area contributed by atoms with Crippen LogP contribution in [0.25, 0.3) is 27.8 Å². The van der Waals surface area contributed by atoms with Gasteiger partial charge in [-0.2, -0.15) is 9.61 Å². The largest absolute Gasteiger partial charge is 0.507 e. The Labute approximate surface area is 120 Å². The molecule has 0 saturated heterocycles. The molecule has 0 aliphatic heterocycles. The molecule has 0 atom stereocenters. The Balaban J connectivity index is 2.12. The molecule has 0 aliphatic rings. The van der Waals surface area contributed by atoms with Crippen molar-refractivity contribution in [3.05, 3.63) is 54.2 Å². The minimum absolute atomic E-state index is 0.166. The maximum absolute atomic E-state index is 10.0. The standard InChI is InChI=1S/C16H12N4O/c1-10-11-6-2-3-7-12(11)15-17-18-16(20(15)19-10)13-8-4-5-9-14(13)21/h2-9,21H,1H3. The summed E-state index contributed by atoms with van der Waals surface area (Å²) in [5.41, 5.74) is 2.20. The number of benzene rings is 2. The maximum atomic E-state index is 10.0. The van der Waals surface area contributed by atoms with E-state index in [1.165, 1.54) is 0 Å². The monoisotopic (exact) mass is 276 g/mol. The van der Waals surface area contributed by atoms with Gasteiger partial charge in [-0.05, 0) is 19.1 Å². The molecule has 5 heteroatoms. The molecule has 102 valence electrons. The lowest BCUT2D eigenvalue weighted by Crippen LogP contribution is -1.99. The van der Waals surface area contributed by atoms with Crippen molar-refractivity contribution < 1.29 is 5.11 Å². The number of hydrogen-bond donors (Lipinski definition) is 1. The average Bonchev–Trinajstić information content (AvgIpc) is 2.92. The first kappa shape index (κ1) is 11.8. The minimum atomic E-state index is 0.166. The van der Waals surface area contributed by atoms with E-state index in [-0.39, 0.29) is 5.75 Å². The number of nitrogens with zero attached hydrogens (tertiary/aromatic N) is 4. The van der Waals surface area contributed by atoms with Crippen molar-refractivity contribution in [3.8, 4) is 17.1 Å². The Kier molecular flexibility index (Phi) is 2.41. The number of hydrogen-bond acceptors (Lipinski definition) is 4. The number of phenolic OH excluding ortho intramolecular Hbond substituents is 1. The van der Waals surface area contributed by atoms with Crippen molar-refractivity contribution in [1.29, 1.82) is 0 Å². The Morgan fingerprint density at radius 1 is 0.905 bits per heavy atom. The molecule has 0 spiro atoms. The van der Waals surface area contributed by atoms with Gasteiger partial charge >= 0.3 is 0 Å². The molecule has 2 heterocycles. The molecule has 2 aromatic heterocycles. The molecule has 4 rings (SSSR count). The first-order valence-corrected chi connectivity index (χ1v) is 6.65. The fourth-order valence-electron chi connectivity index (χ4n) is 2.57. The summed E-state index contributed by atoms with van der Waals surface area (Å²) in [6.07, 6.45) is 0. The van der Waals surface area contributed by atoms with E-state index in [9.17, 15) is 5.11 Å². The highest BCUT2D eigenvalue weighted by Crippen LogP contribution is 2.29. The van der Waals surface area contributed by atoms with E-state index in [0.717, 1.165) is 16.5 Å². The SMILES string of the molecule is Cc1nn2c(-c3ccccc3O)nnc2c2ccccc12. The summed E-state index contributed by atoms with van der Waals surface area (Å²) in [6, 6.07) is 15.0. The number of aromatic hydroxyl groups is 1. The summed E-state index contributed by atoms with van der Waals surface area (Å²) in [5.74, 6) is 0.705. The van der Waals surface area contributed by atoms with E-state index < -0.39 is 0 Å². The van der Waals surface area contributed by atoms with Crippen molar-refractivity contribution in [3.63, 3.8) is 0 Å². The van der Waals surface area contributed by atoms with Gasteiger partial charge in [-0.3, -0.25) is 0 Å². The quantitative estimate of drug-likeness (QED) is 0.580. The predicted molar refractivity (Wildman–Crippen MR) is 80.1 cm³/mol. The number of aryl methyl sites for hydroxylation is 1. The van der Waals surface area contributed by atoms with Gasteiger partial charge in [-0.15, -0.1) is 10.2 Å². The highest BCUT2D eigenvalue weighted by atomic mass is 16.3. The van der Waals surface area contributed by atoms with Crippen molar-refractivity contribution >= 4 is 16.4 Å². The smallest absolute Gasteiger partial charge is 0.189 e. The van der Waals surface area contributed by atoms with E-state index in [0.29, 0.717) is 17.0 Å². The van der Waals surface area contributed by atoms with Crippen LogP contribution in [0.2, 0.25) is 0 Å². The summed E-state index contributed by atoms with van der Waals surface area (Å²) in [5, 5.41) is 25.1. The van der Waals surface area contributed by atoms with Crippen LogP contribution in [0.1, 0.15) is 5.69 Å². The molecule has 0 unspecified atom stereocenters. The molecule has 2 aromatic carbocycles. The molecule has 0 amide bonds. The predicted octanol–water partition coefficient (Wildman–Crippen LogP) is 2.96. The first-order valence-electron chi connectivity index (χ1n) is 6.65. The lowest BCUT2D eigenvalue weighted by atomic mass is 10.1. The molecule has 4 aromatic rings. The third-order valence-corrected chi connectivity index (χ3v) is 3.59. The summed E-state index contributed by atoms with van der Waals surface area (Å²) < 4.78 is 1.69. The molecule has 0 saturated carbocycles. The normalized spacial score (nSPS) is 11.3. The van der Waals surface area contributed by atoms with Crippen LogP contribution in [0.5, 0.6) is 5.75 Å². The summed E-state index contributed by atoms with van der Waals surface area (Å²) in [7, 11) is 0. The van der Waals surface area contributed by atoms with E-state index in [2.05, 4.69) is 15.3 Å². The molecule has 5 nitrogen and oxygen atoms in total. The van der Waals surface area contributed by atoms with E-state index in [4.69, 9.17) is 0 Å². The molecule has 0 bridgehead atoms. The van der Waals surface area contributed by atoms with Gasteiger partial charge in [0.1, 0.15) is 5.75 Å². The van der Waals surface area contributed by atoms with Crippen LogP contribution in [-0.4, -0.2) is 24.9 Å². The maximum Gasteiger partial charge on any atom is 0.189 e. The summed E-state index contributed by atoms with van der Waals surface area (Å²) >= 11 is 0. The van der Waals surface area contributed by atoms with Crippen LogP contribution >= 0.6 is 0 Å². The second-order valence-electron chi connectivity index (χ2n) is 4.91. The van der Waals surface area contributed by atoms with E-state index in [1.54, 1.807) is 22.7 Å². The lowest BCUT2D eigenvalue weighted by Gasteiger charge is -2.05. The number of phenols is 1. The van der Waals surface area contributed by atoms with Crippen molar-refractivity contribution in [1.82, 2.24) is 19.8 Å². The Morgan fingerprint density at radius 3 is 2.43 bits per heavy atom.